The van der Waals surface area contributed by atoms with Crippen molar-refractivity contribution in [2.45, 2.75) is 10.6 Å². The standard InChI is InChI=1S/C13H12ClNO2S/c14-12-7-10(15)4-5-13(12)18(17)8-9-2-1-3-11(16)6-9/h1-7,16H,8,15H2. The number of aromatic hydroxyl groups is 1. The Hall–Kier alpha value is -1.52. The summed E-state index contributed by atoms with van der Waals surface area (Å²) in [7, 11) is -1.26. The number of anilines is 1. The van der Waals surface area contributed by atoms with Gasteiger partial charge in [0.2, 0.25) is 0 Å². The van der Waals surface area contributed by atoms with Crippen LogP contribution >= 0.6 is 11.6 Å². The summed E-state index contributed by atoms with van der Waals surface area (Å²) < 4.78 is 12.2. The number of nitrogens with two attached hydrogens (primary N) is 1. The fourth-order valence-electron chi connectivity index (χ4n) is 1.58. The van der Waals surface area contributed by atoms with E-state index in [1.807, 2.05) is 6.07 Å². The maximum Gasteiger partial charge on any atom is 0.115 e. The van der Waals surface area contributed by atoms with E-state index in [0.717, 1.165) is 5.56 Å². The molecule has 18 heavy (non-hydrogen) atoms. The number of benzene rings is 2. The highest BCUT2D eigenvalue weighted by atomic mass is 35.5. The molecule has 0 aliphatic heterocycles. The molecule has 0 aliphatic rings. The number of hydrogen-bond donors (Lipinski definition) is 2. The molecule has 0 heterocycles. The lowest BCUT2D eigenvalue weighted by molar-refractivity contribution is 0.475. The van der Waals surface area contributed by atoms with Crippen molar-refractivity contribution in [2.75, 3.05) is 5.73 Å². The van der Waals surface area contributed by atoms with Gasteiger partial charge < -0.3 is 10.8 Å². The maximum atomic E-state index is 12.2. The number of phenolic OH excluding ortho intramolecular Hbond substituents is 1. The summed E-state index contributed by atoms with van der Waals surface area (Å²) in [4.78, 5) is 0.550. The minimum Gasteiger partial charge on any atom is -0.508 e. The first kappa shape index (κ1) is 12.9. The van der Waals surface area contributed by atoms with E-state index in [2.05, 4.69) is 0 Å². The molecule has 0 aromatic heterocycles. The zero-order valence-corrected chi connectivity index (χ0v) is 11.0. The van der Waals surface area contributed by atoms with Gasteiger partial charge in [0.15, 0.2) is 0 Å². The Kier molecular flexibility index (Phi) is 3.89. The van der Waals surface area contributed by atoms with Crippen LogP contribution in [0.1, 0.15) is 5.56 Å². The fourth-order valence-corrected chi connectivity index (χ4v) is 3.16. The van der Waals surface area contributed by atoms with Gasteiger partial charge in [-0.25, -0.2) is 0 Å². The van der Waals surface area contributed by atoms with Crippen LogP contribution in [0.3, 0.4) is 0 Å². The largest absolute Gasteiger partial charge is 0.508 e. The highest BCUT2D eigenvalue weighted by molar-refractivity contribution is 7.84. The summed E-state index contributed by atoms with van der Waals surface area (Å²) >= 11 is 6.00. The van der Waals surface area contributed by atoms with E-state index in [1.165, 1.54) is 0 Å². The van der Waals surface area contributed by atoms with Crippen LogP contribution in [-0.4, -0.2) is 9.32 Å². The molecule has 1 atom stereocenters. The zero-order valence-electron chi connectivity index (χ0n) is 9.47. The van der Waals surface area contributed by atoms with Crippen molar-refractivity contribution in [1.82, 2.24) is 0 Å². The molecule has 2 aromatic rings. The zero-order chi connectivity index (χ0) is 13.1. The molecular weight excluding hydrogens is 270 g/mol. The van der Waals surface area contributed by atoms with Gasteiger partial charge in [-0.1, -0.05) is 23.7 Å². The second-order valence-electron chi connectivity index (χ2n) is 3.85. The van der Waals surface area contributed by atoms with Crippen LogP contribution in [0.5, 0.6) is 5.75 Å². The number of phenols is 1. The Bertz CT molecular complexity index is 601. The molecule has 0 saturated carbocycles. The predicted octanol–water partition coefficient (Wildman–Crippen LogP) is 2.94. The lowest BCUT2D eigenvalue weighted by Crippen LogP contribution is -1.98. The monoisotopic (exact) mass is 281 g/mol. The molecule has 0 aliphatic carbocycles. The number of nitrogen functional groups attached to an aromatic ring is 1. The molecule has 94 valence electrons. The summed E-state index contributed by atoms with van der Waals surface area (Å²) in [5, 5.41) is 9.74. The van der Waals surface area contributed by atoms with Gasteiger partial charge >= 0.3 is 0 Å². The third kappa shape index (κ3) is 3.03. The first-order valence-electron chi connectivity index (χ1n) is 5.27. The van der Waals surface area contributed by atoms with Crippen LogP contribution in [-0.2, 0) is 16.6 Å². The van der Waals surface area contributed by atoms with Crippen molar-refractivity contribution >= 4 is 28.1 Å². The van der Waals surface area contributed by atoms with Crippen LogP contribution in [0, 0.1) is 0 Å². The van der Waals surface area contributed by atoms with Gasteiger partial charge in [0, 0.05) is 5.69 Å². The third-order valence-electron chi connectivity index (χ3n) is 2.41. The van der Waals surface area contributed by atoms with E-state index >= 15 is 0 Å². The number of rotatable bonds is 3. The van der Waals surface area contributed by atoms with Crippen molar-refractivity contribution < 1.29 is 9.32 Å². The minimum atomic E-state index is -1.26. The second kappa shape index (κ2) is 5.42. The highest BCUT2D eigenvalue weighted by Gasteiger charge is 2.10. The lowest BCUT2D eigenvalue weighted by Gasteiger charge is -2.06. The van der Waals surface area contributed by atoms with Crippen LogP contribution in [0.2, 0.25) is 5.02 Å². The van der Waals surface area contributed by atoms with E-state index in [-0.39, 0.29) is 5.75 Å². The van der Waals surface area contributed by atoms with E-state index < -0.39 is 10.8 Å². The molecule has 0 saturated heterocycles. The molecule has 0 amide bonds. The molecule has 0 spiro atoms. The molecule has 2 rings (SSSR count). The first-order chi connectivity index (χ1) is 8.56. The molecule has 0 bridgehead atoms. The van der Waals surface area contributed by atoms with Crippen molar-refractivity contribution in [2.24, 2.45) is 0 Å². The summed E-state index contributed by atoms with van der Waals surface area (Å²) in [6.45, 7) is 0. The van der Waals surface area contributed by atoms with Crippen LogP contribution in [0.15, 0.2) is 47.4 Å². The molecule has 0 fully saturated rings. The topological polar surface area (TPSA) is 63.3 Å². The van der Waals surface area contributed by atoms with Gasteiger partial charge in [0.1, 0.15) is 5.75 Å². The Morgan fingerprint density at radius 3 is 2.67 bits per heavy atom. The van der Waals surface area contributed by atoms with Crippen molar-refractivity contribution in [1.29, 1.82) is 0 Å². The summed E-state index contributed by atoms with van der Waals surface area (Å²) in [5.74, 6) is 0.464. The quantitative estimate of drug-likeness (QED) is 0.850. The van der Waals surface area contributed by atoms with Gasteiger partial charge in [-0.05, 0) is 35.9 Å². The molecule has 0 radical (unpaired) electrons. The molecular formula is C13H12ClNO2S. The van der Waals surface area contributed by atoms with Crippen LogP contribution in [0.25, 0.3) is 0 Å². The Labute approximate surface area is 113 Å². The number of halogens is 1. The Morgan fingerprint density at radius 1 is 1.22 bits per heavy atom. The number of hydrogen-bond acceptors (Lipinski definition) is 3. The van der Waals surface area contributed by atoms with Gasteiger partial charge in [-0.15, -0.1) is 0 Å². The van der Waals surface area contributed by atoms with Gasteiger partial charge in [-0.2, -0.15) is 0 Å². The van der Waals surface area contributed by atoms with Gasteiger partial charge in [-0.3, -0.25) is 4.21 Å². The molecule has 2 aromatic carbocycles. The Morgan fingerprint density at radius 2 is 2.00 bits per heavy atom. The summed E-state index contributed by atoms with van der Waals surface area (Å²) in [5.41, 5.74) is 6.92. The third-order valence-corrected chi connectivity index (χ3v) is 4.28. The minimum absolute atomic E-state index is 0.160. The normalized spacial score (nSPS) is 12.3. The van der Waals surface area contributed by atoms with Crippen LogP contribution in [0.4, 0.5) is 5.69 Å². The average Bonchev–Trinajstić information content (AvgIpc) is 2.28. The predicted molar refractivity (Wildman–Crippen MR) is 74.1 cm³/mol. The van der Waals surface area contributed by atoms with Crippen molar-refractivity contribution in [3.63, 3.8) is 0 Å². The molecule has 1 unspecified atom stereocenters. The van der Waals surface area contributed by atoms with Crippen molar-refractivity contribution in [3.05, 3.63) is 53.1 Å². The van der Waals surface area contributed by atoms with Gasteiger partial charge in [0.25, 0.3) is 0 Å². The SMILES string of the molecule is Nc1ccc(S(=O)Cc2cccc(O)c2)c(Cl)c1. The fraction of sp³-hybridized carbons (Fsp3) is 0.0769. The smallest absolute Gasteiger partial charge is 0.115 e. The summed E-state index contributed by atoms with van der Waals surface area (Å²) in [6, 6.07) is 11.6. The van der Waals surface area contributed by atoms with Crippen molar-refractivity contribution in [3.8, 4) is 5.75 Å². The molecule has 3 N–H and O–H groups in total. The lowest BCUT2D eigenvalue weighted by atomic mass is 10.2. The second-order valence-corrected chi connectivity index (χ2v) is 5.68. The Balaban J connectivity index is 2.22. The maximum absolute atomic E-state index is 12.2. The molecule has 3 nitrogen and oxygen atoms in total. The first-order valence-corrected chi connectivity index (χ1v) is 6.97. The van der Waals surface area contributed by atoms with E-state index in [4.69, 9.17) is 17.3 Å². The highest BCUT2D eigenvalue weighted by Crippen LogP contribution is 2.24. The molecule has 5 heteroatoms. The van der Waals surface area contributed by atoms with Gasteiger partial charge in [0.05, 0.1) is 26.5 Å². The van der Waals surface area contributed by atoms with E-state index in [9.17, 15) is 9.32 Å². The van der Waals surface area contributed by atoms with Crippen LogP contribution < -0.4 is 5.73 Å². The van der Waals surface area contributed by atoms with E-state index in [0.29, 0.717) is 21.4 Å². The average molecular weight is 282 g/mol. The van der Waals surface area contributed by atoms with E-state index in [1.54, 1.807) is 36.4 Å². The summed E-state index contributed by atoms with van der Waals surface area (Å²) in [6.07, 6.45) is 0.